The number of nitrogens with zero attached hydrogens (tertiary/aromatic N) is 5. The third-order valence-corrected chi connectivity index (χ3v) is 8.75. The van der Waals surface area contributed by atoms with Gasteiger partial charge in [0, 0.05) is 55.3 Å². The van der Waals surface area contributed by atoms with Crippen molar-refractivity contribution < 1.29 is 31.8 Å². The number of amides is 1. The summed E-state index contributed by atoms with van der Waals surface area (Å²) in [6.45, 7) is 5.19. The molecule has 0 spiro atoms. The van der Waals surface area contributed by atoms with Crippen LogP contribution in [0.5, 0.6) is 5.75 Å². The van der Waals surface area contributed by atoms with Gasteiger partial charge in [0.15, 0.2) is 0 Å². The Hall–Kier alpha value is -3.51. The third kappa shape index (κ3) is 5.04. The number of benzene rings is 2. The van der Waals surface area contributed by atoms with E-state index in [9.17, 15) is 22.4 Å². The molecule has 224 valence electrons. The lowest BCUT2D eigenvalue weighted by Gasteiger charge is -2.42. The number of hydrogen-bond donors (Lipinski definition) is 0. The topological polar surface area (TPSA) is 72.7 Å². The summed E-state index contributed by atoms with van der Waals surface area (Å²) in [6, 6.07) is 7.63. The van der Waals surface area contributed by atoms with E-state index in [2.05, 4.69) is 10.2 Å². The zero-order valence-corrected chi connectivity index (χ0v) is 23.7. The number of aryl methyl sites for hydroxylation is 1. The largest absolute Gasteiger partial charge is 0.494 e. The molecule has 3 aliphatic rings. The van der Waals surface area contributed by atoms with Crippen LogP contribution in [-0.2, 0) is 36.3 Å². The van der Waals surface area contributed by atoms with Gasteiger partial charge < -0.3 is 18.9 Å². The molecule has 0 saturated carbocycles. The lowest BCUT2D eigenvalue weighted by atomic mass is 9.75. The van der Waals surface area contributed by atoms with Crippen molar-refractivity contribution in [2.24, 2.45) is 7.05 Å². The Kier molecular flexibility index (Phi) is 7.25. The number of ether oxygens (including phenoxy) is 2. The van der Waals surface area contributed by atoms with E-state index in [1.54, 1.807) is 25.4 Å². The molecule has 0 N–H and O–H groups in total. The molecule has 1 amide bonds. The third-order valence-electron chi connectivity index (χ3n) is 8.75. The lowest BCUT2D eigenvalue weighted by Crippen LogP contribution is -2.49. The number of anilines is 1. The number of rotatable bonds is 8. The van der Waals surface area contributed by atoms with E-state index in [1.165, 1.54) is 4.90 Å². The maximum atomic E-state index is 14.4. The number of alkyl halides is 4. The molecular weight excluding hydrogens is 554 g/mol. The highest BCUT2D eigenvalue weighted by molar-refractivity contribution is 6.10. The highest BCUT2D eigenvalue weighted by Gasteiger charge is 2.44. The minimum Gasteiger partial charge on any atom is -0.494 e. The summed E-state index contributed by atoms with van der Waals surface area (Å²) in [5.74, 6) is 0.763. The van der Waals surface area contributed by atoms with Crippen LogP contribution < -0.4 is 9.64 Å². The van der Waals surface area contributed by atoms with Crippen molar-refractivity contribution in [1.82, 2.24) is 19.7 Å². The molecule has 42 heavy (non-hydrogen) atoms. The van der Waals surface area contributed by atoms with Gasteiger partial charge in [-0.25, -0.2) is 4.39 Å². The predicted molar refractivity (Wildman–Crippen MR) is 146 cm³/mol. The predicted octanol–water partition coefficient (Wildman–Crippen LogP) is 5.01. The molecule has 12 heteroatoms. The van der Waals surface area contributed by atoms with E-state index in [1.807, 2.05) is 35.6 Å². The van der Waals surface area contributed by atoms with Crippen molar-refractivity contribution in [2.75, 3.05) is 37.8 Å². The molecule has 2 aromatic carbocycles. The highest BCUT2D eigenvalue weighted by atomic mass is 19.4. The molecule has 1 aromatic heterocycles. The summed E-state index contributed by atoms with van der Waals surface area (Å²) in [5, 5.41) is 8.20. The summed E-state index contributed by atoms with van der Waals surface area (Å²) >= 11 is 0. The molecule has 8 nitrogen and oxygen atoms in total. The average molecular weight is 588 g/mol. The SMILES string of the molecule is CCOc1cc(N2Cc3c(cc([C@@H](C)N4CC[C@H](F)C4)cc3C(F)(F)F)C2=O)cc(C2(Cc3nncn3C)COC2)c1. The number of hydrogen-bond acceptors (Lipinski definition) is 6. The van der Waals surface area contributed by atoms with E-state index in [-0.39, 0.29) is 24.2 Å². The molecule has 2 fully saturated rings. The fraction of sp³-hybridized carbons (Fsp3) is 0.500. The summed E-state index contributed by atoms with van der Waals surface area (Å²) in [7, 11) is 1.86. The first-order chi connectivity index (χ1) is 20.0. The standard InChI is InChI=1S/C30H33F4N5O3/c1-4-42-23-10-20(29(15-41-16-29)12-27-36-35-17-37(27)3)9-22(11-23)39-14-25-24(28(39)40)7-19(8-26(25)30(32,33)34)18(2)38-6-5-21(31)13-38/h7-11,17-18,21H,4-6,12-16H2,1-3H3/t18-,21+/m1/s1. The Bertz CT molecular complexity index is 1500. The van der Waals surface area contributed by atoms with Crippen LogP contribution in [-0.4, -0.2) is 64.7 Å². The molecule has 3 aromatic rings. The molecular formula is C30H33F4N5O3. The van der Waals surface area contributed by atoms with Gasteiger partial charge in [0.2, 0.25) is 0 Å². The molecule has 6 rings (SSSR count). The van der Waals surface area contributed by atoms with Gasteiger partial charge in [0.25, 0.3) is 5.91 Å². The first kappa shape index (κ1) is 28.6. The van der Waals surface area contributed by atoms with Gasteiger partial charge in [0.05, 0.1) is 31.9 Å². The van der Waals surface area contributed by atoms with Crippen LogP contribution >= 0.6 is 0 Å². The average Bonchev–Trinajstić information content (AvgIpc) is 3.63. The van der Waals surface area contributed by atoms with E-state index in [0.717, 1.165) is 17.5 Å². The smallest absolute Gasteiger partial charge is 0.416 e. The van der Waals surface area contributed by atoms with Gasteiger partial charge in [-0.1, -0.05) is 0 Å². The summed E-state index contributed by atoms with van der Waals surface area (Å²) in [5.41, 5.74) is 0.321. The van der Waals surface area contributed by atoms with Crippen molar-refractivity contribution >= 4 is 11.6 Å². The van der Waals surface area contributed by atoms with Gasteiger partial charge in [-0.3, -0.25) is 9.69 Å². The van der Waals surface area contributed by atoms with Crippen molar-refractivity contribution in [2.45, 2.75) is 57.0 Å². The van der Waals surface area contributed by atoms with Crippen LogP contribution in [0.1, 0.15) is 64.7 Å². The molecule has 0 radical (unpaired) electrons. The fourth-order valence-corrected chi connectivity index (χ4v) is 6.22. The van der Waals surface area contributed by atoms with Crippen LogP contribution in [0.25, 0.3) is 0 Å². The number of aromatic nitrogens is 3. The second-order valence-electron chi connectivity index (χ2n) is 11.5. The zero-order valence-electron chi connectivity index (χ0n) is 23.7. The lowest BCUT2D eigenvalue weighted by molar-refractivity contribution is -0.138. The summed E-state index contributed by atoms with van der Waals surface area (Å²) in [6.07, 6.45) is -3.17. The monoisotopic (exact) mass is 587 g/mol. The second-order valence-corrected chi connectivity index (χ2v) is 11.5. The zero-order chi connectivity index (χ0) is 29.8. The van der Waals surface area contributed by atoms with Gasteiger partial charge in [-0.15, -0.1) is 10.2 Å². The number of carbonyl (C=O) groups excluding carboxylic acids is 1. The number of likely N-dealkylation sites (tertiary alicyclic amines) is 1. The van der Waals surface area contributed by atoms with Crippen LogP contribution in [0.4, 0.5) is 23.2 Å². The van der Waals surface area contributed by atoms with Gasteiger partial charge >= 0.3 is 6.18 Å². The van der Waals surface area contributed by atoms with Crippen LogP contribution in [0.15, 0.2) is 36.7 Å². The van der Waals surface area contributed by atoms with E-state index in [4.69, 9.17) is 9.47 Å². The minimum atomic E-state index is -4.66. The number of fused-ring (bicyclic) bond motifs is 1. The summed E-state index contributed by atoms with van der Waals surface area (Å²) < 4.78 is 70.3. The Labute approximate surface area is 241 Å². The first-order valence-corrected chi connectivity index (χ1v) is 14.1. The van der Waals surface area contributed by atoms with E-state index in [0.29, 0.717) is 56.2 Å². The maximum Gasteiger partial charge on any atom is 0.416 e. The normalized spacial score (nSPS) is 21.0. The van der Waals surface area contributed by atoms with E-state index >= 15 is 0 Å². The Morgan fingerprint density at radius 1 is 1.19 bits per heavy atom. The van der Waals surface area contributed by atoms with Crippen molar-refractivity contribution in [3.8, 4) is 5.75 Å². The van der Waals surface area contributed by atoms with Gasteiger partial charge in [-0.05, 0) is 61.2 Å². The van der Waals surface area contributed by atoms with Crippen molar-refractivity contribution in [3.05, 3.63) is 70.3 Å². The fourth-order valence-electron chi connectivity index (χ4n) is 6.22. The molecule has 3 aliphatic heterocycles. The van der Waals surface area contributed by atoms with Crippen LogP contribution in [0.3, 0.4) is 0 Å². The molecule has 0 bridgehead atoms. The summed E-state index contributed by atoms with van der Waals surface area (Å²) in [4.78, 5) is 17.0. The van der Waals surface area contributed by atoms with Gasteiger partial charge in [-0.2, -0.15) is 13.2 Å². The van der Waals surface area contributed by atoms with Crippen LogP contribution in [0, 0.1) is 0 Å². The van der Waals surface area contributed by atoms with Gasteiger partial charge in [0.1, 0.15) is 24.1 Å². The van der Waals surface area contributed by atoms with Crippen molar-refractivity contribution in [1.29, 1.82) is 0 Å². The molecule has 0 aliphatic carbocycles. The quantitative estimate of drug-likeness (QED) is 0.345. The Morgan fingerprint density at radius 3 is 2.57 bits per heavy atom. The second kappa shape index (κ2) is 10.6. The highest BCUT2D eigenvalue weighted by Crippen LogP contribution is 2.44. The van der Waals surface area contributed by atoms with Crippen molar-refractivity contribution in [3.63, 3.8) is 0 Å². The number of halogens is 4. The molecule has 2 saturated heterocycles. The molecule has 4 heterocycles. The molecule has 2 atom stereocenters. The Balaban J connectivity index is 1.39. The Morgan fingerprint density at radius 2 is 1.98 bits per heavy atom. The minimum absolute atomic E-state index is 0.0202. The molecule has 0 unspecified atom stereocenters. The van der Waals surface area contributed by atoms with E-state index < -0.39 is 35.3 Å². The van der Waals surface area contributed by atoms with Crippen LogP contribution in [0.2, 0.25) is 0 Å². The maximum absolute atomic E-state index is 14.4. The first-order valence-electron chi connectivity index (χ1n) is 14.1. The number of carbonyl (C=O) groups is 1.